The average molecular weight is 1020 g/mol. The number of carboxylic acid groups (broad SMARTS) is 1. The Morgan fingerprint density at radius 1 is 0.930 bits per heavy atom. The van der Waals surface area contributed by atoms with Gasteiger partial charge in [0, 0.05) is 77.7 Å². The van der Waals surface area contributed by atoms with Crippen molar-refractivity contribution in [3.63, 3.8) is 0 Å². The van der Waals surface area contributed by atoms with Crippen molar-refractivity contribution in [1.29, 1.82) is 0 Å². The molecule has 5 atom stereocenters. The minimum Gasteiger partial charge on any atom is -0.756 e. The lowest BCUT2D eigenvalue weighted by Crippen LogP contribution is -2.41. The highest BCUT2D eigenvalue weighted by atomic mass is 32.2. The number of nitrogens with one attached hydrogen (secondary N) is 3. The first-order valence-corrected chi connectivity index (χ1v) is 24.4. The number of phenolic OH excluding ortho intramolecular Hbond substituents is 1. The SMILES string of the molecule is Cc1cn([C@H]2C[C@@H](O)[C@@H](COP(=O)([O-])OCCSC3CC(=O)N(CC(=O)NCCOCCOCCNC(=O)c4ccc(C(=O)O)c(-c5c6ccc(=O)cc-6oc6cc(O)ccc56)c4)C3=O)O2)c(=O)[nH]c1=O. The largest absolute Gasteiger partial charge is 0.756 e. The number of hydrogen-bond acceptors (Lipinski definition) is 19. The van der Waals surface area contributed by atoms with Gasteiger partial charge in [0.25, 0.3) is 19.3 Å². The summed E-state index contributed by atoms with van der Waals surface area (Å²) >= 11 is 0.956. The number of aromatic nitrogens is 2. The van der Waals surface area contributed by atoms with Gasteiger partial charge in [0.15, 0.2) is 5.43 Å². The predicted molar refractivity (Wildman–Crippen MR) is 248 cm³/mol. The summed E-state index contributed by atoms with van der Waals surface area (Å²) in [5.41, 5.74) is -0.245. The van der Waals surface area contributed by atoms with Gasteiger partial charge in [-0.1, -0.05) is 0 Å². The van der Waals surface area contributed by atoms with E-state index in [0.29, 0.717) is 16.5 Å². The van der Waals surface area contributed by atoms with Gasteiger partial charge in [0.2, 0.25) is 17.7 Å². The Balaban J connectivity index is 0.760. The summed E-state index contributed by atoms with van der Waals surface area (Å²) in [5, 5.41) is 35.3. The number of likely N-dealkylation sites (tertiary alicyclic amines) is 1. The highest BCUT2D eigenvalue weighted by molar-refractivity contribution is 8.00. The fourth-order valence-electron chi connectivity index (χ4n) is 7.68. The maximum absolute atomic E-state index is 13.2. The van der Waals surface area contributed by atoms with Crippen LogP contribution in [0, 0.1) is 6.92 Å². The molecule has 378 valence electrons. The third-order valence-electron chi connectivity index (χ3n) is 11.1. The second-order valence-electron chi connectivity index (χ2n) is 16.1. The number of aliphatic hydroxyl groups excluding tert-OH is 1. The number of aromatic carboxylic acids is 1. The van der Waals surface area contributed by atoms with E-state index in [-0.39, 0.29) is 103 Å². The van der Waals surface area contributed by atoms with Crippen LogP contribution in [0.1, 0.15) is 45.3 Å². The number of thioether (sulfide) groups is 1. The van der Waals surface area contributed by atoms with Crippen LogP contribution in [0.15, 0.2) is 79.6 Å². The van der Waals surface area contributed by atoms with Gasteiger partial charge in [-0.15, -0.1) is 11.8 Å². The molecule has 2 fully saturated rings. The lowest BCUT2D eigenvalue weighted by molar-refractivity contribution is -0.228. The van der Waals surface area contributed by atoms with Crippen LogP contribution >= 0.6 is 19.6 Å². The Hall–Kier alpha value is -6.54. The number of phosphoric acid groups is 1. The van der Waals surface area contributed by atoms with Crippen LogP contribution in [0.4, 0.5) is 0 Å². The molecule has 4 amide bonds. The zero-order valence-electron chi connectivity index (χ0n) is 37.7. The third-order valence-corrected chi connectivity index (χ3v) is 13.3. The number of rotatable bonds is 23. The summed E-state index contributed by atoms with van der Waals surface area (Å²) in [7, 11) is -4.91. The van der Waals surface area contributed by atoms with Crippen LogP contribution in [0.3, 0.4) is 0 Å². The first-order valence-electron chi connectivity index (χ1n) is 21.9. The van der Waals surface area contributed by atoms with Crippen molar-refractivity contribution in [3.8, 4) is 28.2 Å². The second kappa shape index (κ2) is 23.1. The third kappa shape index (κ3) is 13.1. The molecular formula is C45H47N5O19PS-. The number of H-pyrrole nitrogens is 1. The molecule has 0 radical (unpaired) electrons. The molecule has 2 unspecified atom stereocenters. The standard InChI is InChI=1S/C45H48N5O19PS/c1-24-21-50(45(61)48-41(24)56)39-19-32(53)35(69-39)23-67-70(62,63)66-14-15-71-36-20-38(55)49(43(36)58)22-37(54)46-8-10-64-12-13-65-11-9-47-42(57)25-2-5-28(44(59)60)31(16-25)40-29-6-3-26(51)17-33(29)68-34-18-27(52)4-7-30(34)40/h2-7,16-18,21,32,35-36,39,51,53H,8-15,19-20,22-23H2,1H3,(H,46,54)(H,47,57)(H,59,60)(H,62,63)(H,48,56,61)/p-1/t32-,35-,36?,39-/m1/s1. The summed E-state index contributed by atoms with van der Waals surface area (Å²) < 4.78 is 45.6. The van der Waals surface area contributed by atoms with Crippen LogP contribution < -0.4 is 32.2 Å². The van der Waals surface area contributed by atoms with E-state index in [4.69, 9.17) is 27.7 Å². The number of carbonyl (C=O) groups excluding carboxylic acids is 4. The Labute approximate surface area is 405 Å². The summed E-state index contributed by atoms with van der Waals surface area (Å²) in [5.74, 6) is -3.60. The van der Waals surface area contributed by atoms with E-state index in [2.05, 4.69) is 15.6 Å². The zero-order valence-corrected chi connectivity index (χ0v) is 39.4. The van der Waals surface area contributed by atoms with Crippen LogP contribution in [-0.2, 0) is 42.2 Å². The number of aryl methyl sites for hydroxylation is 1. The molecule has 0 bridgehead atoms. The summed E-state index contributed by atoms with van der Waals surface area (Å²) in [6.07, 6.45) is -2.36. The quantitative estimate of drug-likeness (QED) is 0.0227. The van der Waals surface area contributed by atoms with Crippen LogP contribution in [0.5, 0.6) is 5.75 Å². The summed E-state index contributed by atoms with van der Waals surface area (Å²) in [6, 6.07) is 12.5. The second-order valence-corrected chi connectivity index (χ2v) is 18.8. The molecule has 4 aliphatic rings. The van der Waals surface area contributed by atoms with E-state index in [9.17, 15) is 63.1 Å². The number of ether oxygens (including phenoxy) is 3. The maximum Gasteiger partial charge on any atom is 0.336 e. The molecule has 2 aromatic carbocycles. The number of aromatic amines is 1. The molecule has 1 aliphatic carbocycles. The minimum atomic E-state index is -4.91. The molecular weight excluding hydrogens is 978 g/mol. The highest BCUT2D eigenvalue weighted by Gasteiger charge is 2.40. The molecule has 1 aromatic heterocycles. The zero-order chi connectivity index (χ0) is 51.0. The summed E-state index contributed by atoms with van der Waals surface area (Å²) in [6.45, 7) is 0.442. The molecule has 0 spiro atoms. The van der Waals surface area contributed by atoms with Crippen molar-refractivity contribution in [2.75, 3.05) is 65.0 Å². The van der Waals surface area contributed by atoms with Crippen molar-refractivity contribution >= 4 is 60.2 Å². The topological polar surface area (TPSA) is 345 Å². The van der Waals surface area contributed by atoms with E-state index in [0.717, 1.165) is 21.2 Å². The number of fused-ring (bicyclic) bond motifs is 2. The van der Waals surface area contributed by atoms with Crippen molar-refractivity contribution < 1.29 is 76.4 Å². The Kier molecular flexibility index (Phi) is 17.0. The van der Waals surface area contributed by atoms with Crippen molar-refractivity contribution in [3.05, 3.63) is 109 Å². The van der Waals surface area contributed by atoms with Crippen LogP contribution in [0.2, 0.25) is 0 Å². The highest BCUT2D eigenvalue weighted by Crippen LogP contribution is 2.43. The molecule has 0 saturated carbocycles. The normalized spacial score (nSPS) is 18.8. The Morgan fingerprint density at radius 2 is 1.68 bits per heavy atom. The fourth-order valence-corrected chi connectivity index (χ4v) is 9.51. The van der Waals surface area contributed by atoms with E-state index < -0.39 is 92.1 Å². The van der Waals surface area contributed by atoms with Gasteiger partial charge < -0.3 is 58.5 Å². The minimum absolute atomic E-state index is 0.0384. The van der Waals surface area contributed by atoms with Crippen molar-refractivity contribution in [2.24, 2.45) is 0 Å². The lowest BCUT2D eigenvalue weighted by atomic mass is 9.89. The van der Waals surface area contributed by atoms with Crippen LogP contribution in [0.25, 0.3) is 33.4 Å². The molecule has 3 aliphatic heterocycles. The molecule has 3 aromatic rings. The number of carbonyl (C=O) groups is 5. The van der Waals surface area contributed by atoms with E-state index in [1.165, 1.54) is 61.7 Å². The van der Waals surface area contributed by atoms with Gasteiger partial charge in [-0.25, -0.2) is 9.59 Å². The molecule has 71 heavy (non-hydrogen) atoms. The van der Waals surface area contributed by atoms with Gasteiger partial charge in [-0.2, -0.15) is 0 Å². The first-order chi connectivity index (χ1) is 33.9. The first kappa shape index (κ1) is 52.3. The number of aromatic hydroxyl groups is 1. The van der Waals surface area contributed by atoms with Gasteiger partial charge >= 0.3 is 11.7 Å². The number of amides is 4. The van der Waals surface area contributed by atoms with E-state index in [1.807, 2.05) is 0 Å². The van der Waals surface area contributed by atoms with Crippen molar-refractivity contribution in [2.45, 2.75) is 43.5 Å². The van der Waals surface area contributed by atoms with Gasteiger partial charge in [-0.05, 0) is 55.0 Å². The van der Waals surface area contributed by atoms with Crippen LogP contribution in [-0.4, -0.2) is 142 Å². The number of benzene rings is 3. The number of hydrogen-bond donors (Lipinski definition) is 6. The van der Waals surface area contributed by atoms with Crippen molar-refractivity contribution in [1.82, 2.24) is 25.1 Å². The maximum atomic E-state index is 13.2. The van der Waals surface area contributed by atoms with E-state index in [1.54, 1.807) is 6.07 Å². The number of carboxylic acids is 1. The van der Waals surface area contributed by atoms with Gasteiger partial charge in [0.05, 0.1) is 56.6 Å². The van der Waals surface area contributed by atoms with Gasteiger partial charge in [-0.3, -0.25) is 47.8 Å². The molecule has 24 nitrogen and oxygen atoms in total. The van der Waals surface area contributed by atoms with Gasteiger partial charge in [0.1, 0.15) is 36.0 Å². The number of phenols is 1. The molecule has 7 rings (SSSR count). The van der Waals surface area contributed by atoms with E-state index >= 15 is 0 Å². The monoisotopic (exact) mass is 1020 g/mol. The molecule has 26 heteroatoms. The molecule has 4 heterocycles. The molecule has 2 saturated heterocycles. The fraction of sp³-hybridized carbons (Fsp3) is 0.378. The average Bonchev–Trinajstić information content (AvgIpc) is 3.83. The smallest absolute Gasteiger partial charge is 0.336 e. The Morgan fingerprint density at radius 3 is 2.42 bits per heavy atom. The number of aliphatic hydroxyl groups is 1. The Bertz CT molecular complexity index is 3030. The predicted octanol–water partition coefficient (Wildman–Crippen LogP) is 0.717. The number of imide groups is 1. The number of phosphoric ester groups is 1. The summed E-state index contributed by atoms with van der Waals surface area (Å²) in [4.78, 5) is 115. The number of nitrogens with zero attached hydrogens (tertiary/aromatic N) is 2. The lowest BCUT2D eigenvalue weighted by Gasteiger charge is -2.25. The molecule has 6 N–H and O–H groups in total.